The Bertz CT molecular complexity index is 197. The van der Waals surface area contributed by atoms with Crippen LogP contribution in [0.15, 0.2) is 0 Å². The highest BCUT2D eigenvalue weighted by molar-refractivity contribution is 7.11. The SMILES string of the molecule is CCCc1nnc(CN)s1. The summed E-state index contributed by atoms with van der Waals surface area (Å²) in [5.74, 6) is 0. The average Bonchev–Trinajstić information content (AvgIpc) is 2.37. The molecule has 1 aromatic rings. The van der Waals surface area contributed by atoms with Crippen LogP contribution in [-0.4, -0.2) is 10.2 Å². The minimum Gasteiger partial charge on any atom is -0.324 e. The summed E-state index contributed by atoms with van der Waals surface area (Å²) >= 11 is 1.61. The van der Waals surface area contributed by atoms with Gasteiger partial charge in [0, 0.05) is 13.0 Å². The maximum atomic E-state index is 5.37. The molecule has 2 N–H and O–H groups in total. The van der Waals surface area contributed by atoms with Crippen LogP contribution in [0.5, 0.6) is 0 Å². The first kappa shape index (κ1) is 7.63. The van der Waals surface area contributed by atoms with Crippen molar-refractivity contribution in [3.05, 3.63) is 10.0 Å². The van der Waals surface area contributed by atoms with Crippen LogP contribution in [0.2, 0.25) is 0 Å². The second-order valence-electron chi connectivity index (χ2n) is 2.04. The van der Waals surface area contributed by atoms with Gasteiger partial charge in [0.25, 0.3) is 0 Å². The molecule has 0 spiro atoms. The van der Waals surface area contributed by atoms with Gasteiger partial charge in [-0.05, 0) is 6.42 Å². The molecule has 0 bridgehead atoms. The van der Waals surface area contributed by atoms with Gasteiger partial charge in [-0.25, -0.2) is 0 Å². The summed E-state index contributed by atoms with van der Waals surface area (Å²) < 4.78 is 0. The number of rotatable bonds is 3. The van der Waals surface area contributed by atoms with Crippen LogP contribution in [-0.2, 0) is 13.0 Å². The number of nitrogens with two attached hydrogens (primary N) is 1. The molecule has 0 aliphatic carbocycles. The van der Waals surface area contributed by atoms with Gasteiger partial charge in [-0.3, -0.25) is 0 Å². The fourth-order valence-electron chi connectivity index (χ4n) is 0.686. The Morgan fingerprint density at radius 1 is 1.40 bits per heavy atom. The summed E-state index contributed by atoms with van der Waals surface area (Å²) in [6.45, 7) is 2.64. The van der Waals surface area contributed by atoms with Crippen molar-refractivity contribution >= 4 is 11.3 Å². The second-order valence-corrected chi connectivity index (χ2v) is 3.19. The summed E-state index contributed by atoms with van der Waals surface area (Å²) in [6.07, 6.45) is 2.15. The van der Waals surface area contributed by atoms with Gasteiger partial charge in [0.15, 0.2) is 0 Å². The molecule has 0 fully saturated rings. The van der Waals surface area contributed by atoms with Gasteiger partial charge < -0.3 is 5.73 Å². The average molecular weight is 157 g/mol. The highest BCUT2D eigenvalue weighted by Gasteiger charge is 1.99. The number of aromatic nitrogens is 2. The third kappa shape index (κ3) is 1.75. The Balaban J connectivity index is 2.59. The minimum absolute atomic E-state index is 0.515. The normalized spacial score (nSPS) is 10.2. The van der Waals surface area contributed by atoms with E-state index in [-0.39, 0.29) is 0 Å². The molecule has 1 rings (SSSR count). The van der Waals surface area contributed by atoms with Crippen molar-refractivity contribution in [2.75, 3.05) is 0 Å². The van der Waals surface area contributed by atoms with Crippen LogP contribution < -0.4 is 5.73 Å². The fourth-order valence-corrected chi connectivity index (χ4v) is 1.51. The van der Waals surface area contributed by atoms with E-state index in [1.54, 1.807) is 11.3 Å². The van der Waals surface area contributed by atoms with Gasteiger partial charge in [0.2, 0.25) is 0 Å². The van der Waals surface area contributed by atoms with Crippen molar-refractivity contribution in [3.8, 4) is 0 Å². The standard InChI is InChI=1S/C6H11N3S/c1-2-3-5-8-9-6(4-7)10-5/h2-4,7H2,1H3. The number of hydrogen-bond donors (Lipinski definition) is 1. The molecular formula is C6H11N3S. The molecule has 56 valence electrons. The monoisotopic (exact) mass is 157 g/mol. The molecule has 0 aliphatic rings. The predicted octanol–water partition coefficient (Wildman–Crippen LogP) is 0.949. The van der Waals surface area contributed by atoms with Crippen LogP contribution in [0, 0.1) is 0 Å². The first-order valence-electron chi connectivity index (χ1n) is 3.38. The lowest BCUT2D eigenvalue weighted by Gasteiger charge is -1.84. The number of aryl methyl sites for hydroxylation is 1. The fraction of sp³-hybridized carbons (Fsp3) is 0.667. The van der Waals surface area contributed by atoms with Crippen LogP contribution in [0.3, 0.4) is 0 Å². The van der Waals surface area contributed by atoms with E-state index in [0.717, 1.165) is 22.9 Å². The Labute approximate surface area is 64.3 Å². The Kier molecular flexibility index (Phi) is 2.77. The van der Waals surface area contributed by atoms with E-state index in [9.17, 15) is 0 Å². The third-order valence-corrected chi connectivity index (χ3v) is 2.15. The third-order valence-electron chi connectivity index (χ3n) is 1.15. The molecule has 1 heterocycles. The summed E-state index contributed by atoms with van der Waals surface area (Å²) in [7, 11) is 0. The predicted molar refractivity (Wildman–Crippen MR) is 41.8 cm³/mol. The molecule has 1 aromatic heterocycles. The molecule has 10 heavy (non-hydrogen) atoms. The van der Waals surface area contributed by atoms with Crippen LogP contribution in [0.25, 0.3) is 0 Å². The van der Waals surface area contributed by atoms with E-state index >= 15 is 0 Å². The largest absolute Gasteiger partial charge is 0.324 e. The van der Waals surface area contributed by atoms with Crippen molar-refractivity contribution in [3.63, 3.8) is 0 Å². The first-order valence-corrected chi connectivity index (χ1v) is 4.19. The molecule has 0 atom stereocenters. The highest BCUT2D eigenvalue weighted by Crippen LogP contribution is 2.09. The summed E-state index contributed by atoms with van der Waals surface area (Å²) in [4.78, 5) is 0. The van der Waals surface area contributed by atoms with Crippen molar-refractivity contribution in [2.24, 2.45) is 5.73 Å². The lowest BCUT2D eigenvalue weighted by atomic mass is 10.4. The van der Waals surface area contributed by atoms with E-state index in [2.05, 4.69) is 17.1 Å². The van der Waals surface area contributed by atoms with E-state index < -0.39 is 0 Å². The van der Waals surface area contributed by atoms with Gasteiger partial charge in [-0.1, -0.05) is 6.92 Å². The lowest BCUT2D eigenvalue weighted by Crippen LogP contribution is -1.94. The first-order chi connectivity index (χ1) is 4.86. The van der Waals surface area contributed by atoms with Crippen molar-refractivity contribution < 1.29 is 0 Å². The van der Waals surface area contributed by atoms with Gasteiger partial charge >= 0.3 is 0 Å². The highest BCUT2D eigenvalue weighted by atomic mass is 32.1. The van der Waals surface area contributed by atoms with Crippen LogP contribution in [0.4, 0.5) is 0 Å². The van der Waals surface area contributed by atoms with Crippen molar-refractivity contribution in [2.45, 2.75) is 26.3 Å². The molecule has 0 aromatic carbocycles. The molecule has 0 unspecified atom stereocenters. The summed E-state index contributed by atoms with van der Waals surface area (Å²) in [6, 6.07) is 0. The van der Waals surface area contributed by atoms with Gasteiger partial charge in [0.1, 0.15) is 10.0 Å². The Hall–Kier alpha value is -0.480. The molecule has 0 saturated heterocycles. The number of nitrogens with zero attached hydrogens (tertiary/aromatic N) is 2. The van der Waals surface area contributed by atoms with Gasteiger partial charge in [-0.2, -0.15) is 0 Å². The minimum atomic E-state index is 0.515. The molecule has 0 radical (unpaired) electrons. The summed E-state index contributed by atoms with van der Waals surface area (Å²) in [5.41, 5.74) is 5.37. The van der Waals surface area contributed by atoms with E-state index in [4.69, 9.17) is 5.73 Å². The van der Waals surface area contributed by atoms with E-state index in [1.807, 2.05) is 0 Å². The van der Waals surface area contributed by atoms with Gasteiger partial charge in [0.05, 0.1) is 0 Å². The maximum absolute atomic E-state index is 5.37. The molecule has 0 amide bonds. The second kappa shape index (κ2) is 3.63. The zero-order chi connectivity index (χ0) is 7.40. The zero-order valence-electron chi connectivity index (χ0n) is 6.00. The Morgan fingerprint density at radius 3 is 2.60 bits per heavy atom. The lowest BCUT2D eigenvalue weighted by molar-refractivity contribution is 0.864. The van der Waals surface area contributed by atoms with Crippen molar-refractivity contribution in [1.29, 1.82) is 0 Å². The van der Waals surface area contributed by atoms with Crippen LogP contribution in [0.1, 0.15) is 23.4 Å². The van der Waals surface area contributed by atoms with E-state index in [0.29, 0.717) is 6.54 Å². The number of hydrogen-bond acceptors (Lipinski definition) is 4. The topological polar surface area (TPSA) is 51.8 Å². The molecule has 0 aliphatic heterocycles. The van der Waals surface area contributed by atoms with E-state index in [1.165, 1.54) is 0 Å². The van der Waals surface area contributed by atoms with Crippen LogP contribution >= 0.6 is 11.3 Å². The Morgan fingerprint density at radius 2 is 2.10 bits per heavy atom. The molecule has 4 heteroatoms. The molecule has 3 nitrogen and oxygen atoms in total. The van der Waals surface area contributed by atoms with Gasteiger partial charge in [-0.15, -0.1) is 21.5 Å². The molecule has 0 saturated carbocycles. The zero-order valence-corrected chi connectivity index (χ0v) is 6.82. The summed E-state index contributed by atoms with van der Waals surface area (Å²) in [5, 5.41) is 9.90. The van der Waals surface area contributed by atoms with Crippen molar-refractivity contribution in [1.82, 2.24) is 10.2 Å². The molecular weight excluding hydrogens is 146 g/mol. The smallest absolute Gasteiger partial charge is 0.131 e. The maximum Gasteiger partial charge on any atom is 0.131 e. The quantitative estimate of drug-likeness (QED) is 0.710.